The molecule has 0 bridgehead atoms. The van der Waals surface area contributed by atoms with Crippen LogP contribution in [-0.4, -0.2) is 50.1 Å². The summed E-state index contributed by atoms with van der Waals surface area (Å²) in [6.07, 6.45) is 4.12. The van der Waals surface area contributed by atoms with Gasteiger partial charge in [0.15, 0.2) is 0 Å². The van der Waals surface area contributed by atoms with Gasteiger partial charge in [-0.3, -0.25) is 4.21 Å². The molecule has 0 rings (SSSR count). The Hall–Kier alpha value is -1.37. The van der Waals surface area contributed by atoms with Crippen molar-refractivity contribution in [3.05, 3.63) is 11.1 Å². The predicted molar refractivity (Wildman–Crippen MR) is 90.9 cm³/mol. The first-order valence-electron chi connectivity index (χ1n) is 6.83. The third-order valence-corrected chi connectivity index (χ3v) is 3.60. The van der Waals surface area contributed by atoms with Crippen molar-refractivity contribution in [3.63, 3.8) is 0 Å². The number of hydrogen-bond donors (Lipinski definition) is 2. The average molecular weight is 349 g/mol. The molecule has 0 saturated heterocycles. The van der Waals surface area contributed by atoms with Gasteiger partial charge in [-0.1, -0.05) is 13.8 Å². The normalized spacial score (nSPS) is 12.1. The Morgan fingerprint density at radius 3 is 1.82 bits per heavy atom. The van der Waals surface area contributed by atoms with E-state index in [-0.39, 0.29) is 24.0 Å². The van der Waals surface area contributed by atoms with E-state index in [1.165, 1.54) is 0 Å². The van der Waals surface area contributed by atoms with Crippen LogP contribution in [-0.2, 0) is 20.4 Å². The Balaban J connectivity index is 0. The van der Waals surface area contributed by atoms with Gasteiger partial charge in [-0.05, 0) is 37.9 Å². The average Bonchev–Trinajstić information content (AvgIpc) is 2.43. The van der Waals surface area contributed by atoms with Crippen LogP contribution in [0.25, 0.3) is 0 Å². The second-order valence-electron chi connectivity index (χ2n) is 4.23. The van der Waals surface area contributed by atoms with Crippen molar-refractivity contribution in [2.24, 2.45) is 4.99 Å². The van der Waals surface area contributed by atoms with E-state index in [0.29, 0.717) is 0 Å². The molecule has 6 nitrogen and oxygen atoms in total. The highest BCUT2D eigenvalue weighted by molar-refractivity contribution is 7.84. The molecule has 0 amide bonds. The fourth-order valence-electron chi connectivity index (χ4n) is 1.53. The van der Waals surface area contributed by atoms with Crippen molar-refractivity contribution in [3.8, 4) is 0 Å². The van der Waals surface area contributed by atoms with E-state index >= 15 is 0 Å². The third kappa shape index (κ3) is 12.4. The molecule has 1 atom stereocenters. The Morgan fingerprint density at radius 2 is 1.55 bits per heavy atom. The fraction of sp³-hybridized carbons (Fsp3) is 0.643. The summed E-state index contributed by atoms with van der Waals surface area (Å²) in [5.41, 5.74) is -0.0185. The number of aliphatic imine (C=N–C) groups is 1. The van der Waals surface area contributed by atoms with Crippen molar-refractivity contribution in [1.82, 2.24) is 0 Å². The van der Waals surface area contributed by atoms with Gasteiger partial charge < -0.3 is 10.2 Å². The minimum absolute atomic E-state index is 0.00926. The van der Waals surface area contributed by atoms with E-state index in [1.807, 2.05) is 0 Å². The lowest BCUT2D eigenvalue weighted by atomic mass is 10.0. The maximum Gasteiger partial charge on any atom is 0.332 e. The van der Waals surface area contributed by atoms with Crippen LogP contribution in [0.3, 0.4) is 0 Å². The Kier molecular flexibility index (Phi) is 15.2. The van der Waals surface area contributed by atoms with Crippen molar-refractivity contribution in [2.75, 3.05) is 18.6 Å². The Labute approximate surface area is 138 Å². The van der Waals surface area contributed by atoms with Crippen LogP contribution in [0, 0.1) is 0 Å². The van der Waals surface area contributed by atoms with Gasteiger partial charge in [0.2, 0.25) is 0 Å². The monoisotopic (exact) mass is 349 g/mol. The predicted octanol–water partition coefficient (Wildman–Crippen LogP) is 2.52. The SMILES string of the molecule is CC/C(C(=O)O)=C(\CC)C(=O)O.CS(=O)CCCCN=C=S. The van der Waals surface area contributed by atoms with E-state index in [9.17, 15) is 13.8 Å². The van der Waals surface area contributed by atoms with Crippen LogP contribution in [0.5, 0.6) is 0 Å². The van der Waals surface area contributed by atoms with Gasteiger partial charge in [-0.15, -0.1) is 0 Å². The highest BCUT2D eigenvalue weighted by Crippen LogP contribution is 2.12. The van der Waals surface area contributed by atoms with Crippen molar-refractivity contribution >= 4 is 40.1 Å². The first-order chi connectivity index (χ1) is 10.3. The van der Waals surface area contributed by atoms with E-state index in [1.54, 1.807) is 20.1 Å². The van der Waals surface area contributed by atoms with E-state index in [4.69, 9.17) is 10.2 Å². The Morgan fingerprint density at radius 1 is 1.09 bits per heavy atom. The summed E-state index contributed by atoms with van der Waals surface area (Å²) >= 11 is 4.38. The van der Waals surface area contributed by atoms with Gasteiger partial charge in [-0.25, -0.2) is 14.6 Å². The van der Waals surface area contributed by atoms with Crippen LogP contribution in [0.1, 0.15) is 39.5 Å². The summed E-state index contributed by atoms with van der Waals surface area (Å²) < 4.78 is 10.5. The number of unbranched alkanes of at least 4 members (excludes halogenated alkanes) is 1. The quantitative estimate of drug-likeness (QED) is 0.287. The molecular weight excluding hydrogens is 326 g/mol. The maximum absolute atomic E-state index is 10.5. The zero-order chi connectivity index (χ0) is 17.5. The lowest BCUT2D eigenvalue weighted by molar-refractivity contribution is -0.136. The van der Waals surface area contributed by atoms with Crippen molar-refractivity contribution in [2.45, 2.75) is 39.5 Å². The van der Waals surface area contributed by atoms with E-state index < -0.39 is 22.7 Å². The summed E-state index contributed by atoms with van der Waals surface area (Å²) in [5.74, 6) is -1.51. The molecule has 0 aliphatic heterocycles. The van der Waals surface area contributed by atoms with Gasteiger partial charge in [0.25, 0.3) is 0 Å². The number of nitrogens with zero attached hydrogens (tertiary/aromatic N) is 1. The summed E-state index contributed by atoms with van der Waals surface area (Å²) in [5, 5.41) is 19.5. The zero-order valence-electron chi connectivity index (χ0n) is 13.1. The molecule has 0 spiro atoms. The first kappa shape index (κ1) is 22.9. The molecule has 0 aromatic carbocycles. The third-order valence-electron chi connectivity index (χ3n) is 2.60. The second kappa shape index (κ2) is 14.6. The second-order valence-corrected chi connectivity index (χ2v) is 5.97. The topological polar surface area (TPSA) is 104 Å². The molecule has 0 aliphatic carbocycles. The molecule has 0 aliphatic rings. The maximum atomic E-state index is 10.5. The number of isothiocyanates is 1. The summed E-state index contributed by atoms with van der Waals surface area (Å²) in [6.45, 7) is 3.98. The number of hydrogen-bond acceptors (Lipinski definition) is 5. The van der Waals surface area contributed by atoms with Crippen molar-refractivity contribution in [1.29, 1.82) is 0 Å². The van der Waals surface area contributed by atoms with Gasteiger partial charge >= 0.3 is 11.9 Å². The lowest BCUT2D eigenvalue weighted by Gasteiger charge is -2.03. The summed E-state index contributed by atoms with van der Waals surface area (Å²) in [4.78, 5) is 24.8. The molecule has 0 fully saturated rings. The first-order valence-corrected chi connectivity index (χ1v) is 8.97. The van der Waals surface area contributed by atoms with E-state index in [2.05, 4.69) is 22.4 Å². The van der Waals surface area contributed by atoms with Gasteiger partial charge in [0, 0.05) is 40.5 Å². The number of aliphatic carboxylic acids is 2. The minimum Gasteiger partial charge on any atom is -0.478 e. The van der Waals surface area contributed by atoms with Gasteiger partial charge in [0.1, 0.15) is 0 Å². The minimum atomic E-state index is -1.14. The van der Waals surface area contributed by atoms with Crippen LogP contribution >= 0.6 is 12.2 Å². The number of rotatable bonds is 9. The highest BCUT2D eigenvalue weighted by Gasteiger charge is 2.16. The molecule has 126 valence electrons. The largest absolute Gasteiger partial charge is 0.478 e. The highest BCUT2D eigenvalue weighted by atomic mass is 32.2. The van der Waals surface area contributed by atoms with Gasteiger partial charge in [0.05, 0.1) is 5.16 Å². The lowest BCUT2D eigenvalue weighted by Crippen LogP contribution is -2.10. The molecule has 8 heteroatoms. The Bertz CT molecular complexity index is 440. The molecular formula is C14H23NO5S2. The number of carboxylic acids is 2. The molecule has 22 heavy (non-hydrogen) atoms. The molecule has 0 saturated carbocycles. The zero-order valence-corrected chi connectivity index (χ0v) is 14.8. The van der Waals surface area contributed by atoms with Crippen LogP contribution < -0.4 is 0 Å². The number of carboxylic acid groups (broad SMARTS) is 2. The van der Waals surface area contributed by atoms with E-state index in [0.717, 1.165) is 25.1 Å². The van der Waals surface area contributed by atoms with Gasteiger partial charge in [-0.2, -0.15) is 0 Å². The molecule has 0 aromatic heterocycles. The standard InChI is InChI=1S/C8H12O4.C6H11NOS2/c1-3-5(7(9)10)6(4-2)8(11)12;1-10(8)5-3-2-4-7-6-9/h3-4H2,1-2H3,(H,9,10)(H,11,12);2-5H2,1H3/b6-5-;. The molecule has 2 N–H and O–H groups in total. The van der Waals surface area contributed by atoms with Crippen LogP contribution in [0.4, 0.5) is 0 Å². The molecule has 0 radical (unpaired) electrons. The fourth-order valence-corrected chi connectivity index (χ4v) is 2.23. The number of thiocarbonyl (C=S) groups is 1. The van der Waals surface area contributed by atoms with Crippen molar-refractivity contribution < 1.29 is 24.0 Å². The molecule has 1 unspecified atom stereocenters. The molecule has 0 heterocycles. The molecule has 0 aromatic rings. The number of carbonyl (C=O) groups is 2. The van der Waals surface area contributed by atoms with Crippen LogP contribution in [0.2, 0.25) is 0 Å². The smallest absolute Gasteiger partial charge is 0.332 e. The summed E-state index contributed by atoms with van der Waals surface area (Å²) in [6, 6.07) is 0. The van der Waals surface area contributed by atoms with Crippen LogP contribution in [0.15, 0.2) is 16.1 Å². The summed E-state index contributed by atoms with van der Waals surface area (Å²) in [7, 11) is -0.659.